The molecule has 0 radical (unpaired) electrons. The topological polar surface area (TPSA) is 161 Å². The summed E-state index contributed by atoms with van der Waals surface area (Å²) in [6.45, 7) is 1.81. The van der Waals surface area contributed by atoms with E-state index in [-0.39, 0.29) is 23.4 Å². The van der Waals surface area contributed by atoms with Crippen LogP contribution in [-0.4, -0.2) is 18.9 Å². The summed E-state index contributed by atoms with van der Waals surface area (Å²) in [7, 11) is -3.78. The summed E-state index contributed by atoms with van der Waals surface area (Å²) in [6.07, 6.45) is 0. The lowest BCUT2D eigenvalue weighted by Crippen LogP contribution is -2.06. The second-order valence-corrected chi connectivity index (χ2v) is 8.92. The molecule has 3 rings (SSSR count). The molecule has 3 aromatic rings. The van der Waals surface area contributed by atoms with Gasteiger partial charge in [-0.05, 0) is 41.2 Å². The molecule has 0 aliphatic carbocycles. The quantitative estimate of drug-likeness (QED) is 0.109. The third-order valence-corrected chi connectivity index (χ3v) is 5.34. The number of aryl methyl sites for hydroxylation is 1. The molecule has 0 spiro atoms. The highest BCUT2D eigenvalue weighted by Gasteiger charge is 2.14. The van der Waals surface area contributed by atoms with E-state index in [1.54, 1.807) is 60.7 Å². The molecule has 0 fully saturated rings. The summed E-state index contributed by atoms with van der Waals surface area (Å²) in [6, 6.07) is 19.7. The zero-order valence-electron chi connectivity index (χ0n) is 18.6. The average molecular weight is 537 g/mol. The van der Waals surface area contributed by atoms with Gasteiger partial charge >= 0.3 is 0 Å². The van der Waals surface area contributed by atoms with Crippen LogP contribution in [0, 0.1) is 6.92 Å². The lowest BCUT2D eigenvalue weighted by molar-refractivity contribution is 0.282. The van der Waals surface area contributed by atoms with Gasteiger partial charge in [0.2, 0.25) is 0 Å². The summed E-state index contributed by atoms with van der Waals surface area (Å²) in [5.41, 5.74) is 19.8. The summed E-state index contributed by atoms with van der Waals surface area (Å²) in [5.74, 6) is 0. The van der Waals surface area contributed by atoms with Crippen LogP contribution in [0.15, 0.2) is 87.9 Å². The molecule has 0 saturated carbocycles. The first-order valence-electron chi connectivity index (χ1n) is 9.76. The minimum atomic E-state index is -3.78. The predicted octanol–water partition coefficient (Wildman–Crippen LogP) is 7.38. The van der Waals surface area contributed by atoms with E-state index in [9.17, 15) is 8.42 Å². The maximum atomic E-state index is 12.0. The molecule has 13 heteroatoms. The first-order chi connectivity index (χ1) is 16.8. The first kappa shape index (κ1) is 29.8. The Morgan fingerprint density at radius 2 is 1.26 bits per heavy atom. The van der Waals surface area contributed by atoms with Crippen LogP contribution in [-0.2, 0) is 27.5 Å². The van der Waals surface area contributed by atoms with Gasteiger partial charge in [-0.3, -0.25) is 4.18 Å². The second-order valence-electron chi connectivity index (χ2n) is 6.50. The molecule has 0 heterocycles. The van der Waals surface area contributed by atoms with E-state index in [0.29, 0.717) is 16.9 Å². The Balaban J connectivity index is 0.000000366. The lowest BCUT2D eigenvalue weighted by Gasteiger charge is -2.06. The van der Waals surface area contributed by atoms with Crippen molar-refractivity contribution < 1.29 is 17.7 Å². The van der Waals surface area contributed by atoms with Crippen molar-refractivity contribution in [2.75, 3.05) is 5.34 Å². The molecule has 35 heavy (non-hydrogen) atoms. The van der Waals surface area contributed by atoms with Gasteiger partial charge < -0.3 is 5.11 Å². The van der Waals surface area contributed by atoms with E-state index in [2.05, 4.69) is 20.1 Å². The highest BCUT2D eigenvalue weighted by molar-refractivity contribution is 7.86. The second kappa shape index (κ2) is 16.4. The Kier molecular flexibility index (Phi) is 13.9. The van der Waals surface area contributed by atoms with E-state index in [1.807, 2.05) is 6.92 Å². The molecule has 0 amide bonds. The Hall–Kier alpha value is -3.27. The molecule has 3 aromatic carbocycles. The molecule has 0 atom stereocenters. The monoisotopic (exact) mass is 536 g/mol. The number of nitrogens with zero attached hydrogens (tertiary/aromatic N) is 6. The Bertz CT molecular complexity index is 1240. The van der Waals surface area contributed by atoms with Crippen molar-refractivity contribution >= 4 is 44.7 Å². The predicted molar refractivity (Wildman–Crippen MR) is 136 cm³/mol. The third kappa shape index (κ3) is 11.6. The van der Waals surface area contributed by atoms with Gasteiger partial charge in [0.15, 0.2) is 0 Å². The van der Waals surface area contributed by atoms with Crippen LogP contribution in [0.25, 0.3) is 20.9 Å². The maximum absolute atomic E-state index is 12.0. The molecular formula is C22H22Cl2N6O4S. The van der Waals surface area contributed by atoms with E-state index >= 15 is 0 Å². The molecule has 0 aromatic heterocycles. The van der Waals surface area contributed by atoms with Crippen molar-refractivity contribution in [2.45, 2.75) is 25.0 Å². The van der Waals surface area contributed by atoms with Gasteiger partial charge in [-0.15, -0.1) is 23.2 Å². The van der Waals surface area contributed by atoms with E-state index in [0.717, 1.165) is 11.1 Å². The molecular weight excluding hydrogens is 515 g/mol. The molecule has 0 unspecified atom stereocenters. The van der Waals surface area contributed by atoms with Gasteiger partial charge in [0, 0.05) is 21.2 Å². The molecule has 10 nitrogen and oxygen atoms in total. The Morgan fingerprint density at radius 3 is 1.66 bits per heavy atom. The molecule has 0 bridgehead atoms. The number of azide groups is 2. The highest BCUT2D eigenvalue weighted by atomic mass is 35.5. The van der Waals surface area contributed by atoms with Crippen LogP contribution in [0.1, 0.15) is 16.7 Å². The molecule has 0 aliphatic heterocycles. The fourth-order valence-corrected chi connectivity index (χ4v) is 3.25. The number of aliphatic hydroxyl groups excluding tert-OH is 1. The maximum Gasteiger partial charge on any atom is 0.297 e. The van der Waals surface area contributed by atoms with Gasteiger partial charge in [-0.1, -0.05) is 76.5 Å². The first-order valence-corrected chi connectivity index (χ1v) is 12.2. The lowest BCUT2D eigenvalue weighted by atomic mass is 10.2. The number of aliphatic hydroxyl groups is 1. The van der Waals surface area contributed by atoms with Crippen molar-refractivity contribution in [3.8, 4) is 0 Å². The van der Waals surface area contributed by atoms with Crippen LogP contribution in [0.2, 0.25) is 0 Å². The normalized spacial score (nSPS) is 9.83. The molecule has 1 N–H and O–H groups in total. The van der Waals surface area contributed by atoms with Crippen LogP contribution in [0.4, 0.5) is 11.4 Å². The Morgan fingerprint density at radius 1 is 0.829 bits per heavy atom. The van der Waals surface area contributed by atoms with Gasteiger partial charge in [-0.25, -0.2) is 0 Å². The van der Waals surface area contributed by atoms with Gasteiger partial charge in [0.1, 0.15) is 0 Å². The Labute approximate surface area is 213 Å². The summed E-state index contributed by atoms with van der Waals surface area (Å²) < 4.78 is 29.0. The van der Waals surface area contributed by atoms with Crippen LogP contribution in [0.3, 0.4) is 0 Å². The summed E-state index contributed by atoms with van der Waals surface area (Å²) in [4.78, 5) is 5.41. The molecule has 0 aliphatic rings. The number of hydrogen-bond acceptors (Lipinski definition) is 6. The largest absolute Gasteiger partial charge is 0.392 e. The number of halogens is 2. The smallest absolute Gasteiger partial charge is 0.297 e. The summed E-state index contributed by atoms with van der Waals surface area (Å²) >= 11 is 9.53. The van der Waals surface area contributed by atoms with E-state index in [1.165, 1.54) is 12.1 Å². The van der Waals surface area contributed by atoms with Crippen LogP contribution in [0.5, 0.6) is 0 Å². The van der Waals surface area contributed by atoms with Crippen LogP contribution >= 0.6 is 23.2 Å². The van der Waals surface area contributed by atoms with Crippen molar-refractivity contribution in [1.29, 1.82) is 0 Å². The number of alkyl halides is 2. The third-order valence-electron chi connectivity index (χ3n) is 4.07. The number of benzene rings is 3. The SMILES string of the molecule is Cc1ccc(S(=O)(=O)OCc2ccc(N=[N+]=[N-])cc2)cc1.ClCCl.[N-]=[N+]=Nc1ccc(CO)cc1. The fourth-order valence-electron chi connectivity index (χ4n) is 2.35. The fraction of sp³-hybridized carbons (Fsp3) is 0.182. The zero-order chi connectivity index (χ0) is 26.1. The molecule has 184 valence electrons. The van der Waals surface area contributed by atoms with Crippen LogP contribution < -0.4 is 0 Å². The number of rotatable bonds is 7. The van der Waals surface area contributed by atoms with Crippen molar-refractivity contribution in [3.63, 3.8) is 0 Å². The summed E-state index contributed by atoms with van der Waals surface area (Å²) in [5, 5.41) is 15.7. The highest BCUT2D eigenvalue weighted by Crippen LogP contribution is 2.18. The minimum absolute atomic E-state index is 0.0105. The van der Waals surface area contributed by atoms with E-state index in [4.69, 9.17) is 43.6 Å². The van der Waals surface area contributed by atoms with Gasteiger partial charge in [-0.2, -0.15) is 8.42 Å². The van der Waals surface area contributed by atoms with Gasteiger partial charge in [0.05, 0.1) is 23.4 Å². The average Bonchev–Trinajstić information content (AvgIpc) is 2.86. The zero-order valence-corrected chi connectivity index (χ0v) is 20.9. The molecule has 0 saturated heterocycles. The van der Waals surface area contributed by atoms with Crippen molar-refractivity contribution in [2.24, 2.45) is 10.2 Å². The standard InChI is InChI=1S/C14H13N3O3S.C7H7N3O.CH2Cl2/c1-11-2-8-14(9-3-11)21(18,19)20-10-12-4-6-13(7-5-12)16-17-15;8-10-9-7-3-1-6(5-11)2-4-7;2-1-3/h2-9H,10H2,1H3;1-4,11H,5H2;1H2. The van der Waals surface area contributed by atoms with E-state index < -0.39 is 10.1 Å². The van der Waals surface area contributed by atoms with Crippen molar-refractivity contribution in [1.82, 2.24) is 0 Å². The minimum Gasteiger partial charge on any atom is -0.392 e. The van der Waals surface area contributed by atoms with Crippen molar-refractivity contribution in [3.05, 3.63) is 110 Å². The van der Waals surface area contributed by atoms with Gasteiger partial charge in [0.25, 0.3) is 10.1 Å². The number of hydrogen-bond donors (Lipinski definition) is 1.